The summed E-state index contributed by atoms with van der Waals surface area (Å²) in [4.78, 5) is 44.6. The highest BCUT2D eigenvalue weighted by molar-refractivity contribution is 6.03. The van der Waals surface area contributed by atoms with Crippen molar-refractivity contribution in [2.45, 2.75) is 32.4 Å². The van der Waals surface area contributed by atoms with Crippen LogP contribution in [-0.4, -0.2) is 85.1 Å². The number of oxazole rings is 1. The maximum atomic E-state index is 12.7. The number of likely N-dealkylation sites (N-methyl/N-ethyl adjacent to an activating group) is 1. The van der Waals surface area contributed by atoms with E-state index in [-0.39, 0.29) is 17.6 Å². The molecule has 3 heterocycles. The number of aromatic nitrogens is 2. The van der Waals surface area contributed by atoms with Crippen LogP contribution in [-0.2, 0) is 19.0 Å². The number of alkyl carbamates (subject to hydrolysis) is 1. The highest BCUT2D eigenvalue weighted by Crippen LogP contribution is 2.25. The molecule has 1 atom stereocenters. The maximum absolute atomic E-state index is 12.7. The quantitative estimate of drug-likeness (QED) is 0.248. The first kappa shape index (κ1) is 31.4. The summed E-state index contributed by atoms with van der Waals surface area (Å²) >= 11 is 0. The third-order valence-electron chi connectivity index (χ3n) is 5.77. The van der Waals surface area contributed by atoms with Crippen LogP contribution < -0.4 is 20.8 Å². The van der Waals surface area contributed by atoms with Crippen molar-refractivity contribution in [3.63, 3.8) is 0 Å². The molecule has 1 aliphatic heterocycles. The third kappa shape index (κ3) is 9.77. The second-order valence-corrected chi connectivity index (χ2v) is 10.4. The second kappa shape index (κ2) is 14.6. The minimum absolute atomic E-state index is 0.166. The summed E-state index contributed by atoms with van der Waals surface area (Å²) in [6.07, 6.45) is 4.12. The molecule has 0 fully saturated rings. The molecule has 3 N–H and O–H groups in total. The number of hydrogen-bond acceptors (Lipinski definition) is 11. The number of ether oxygens (including phenoxy) is 4. The second-order valence-electron chi connectivity index (χ2n) is 10.4. The van der Waals surface area contributed by atoms with Crippen LogP contribution in [0.1, 0.15) is 43.2 Å². The van der Waals surface area contributed by atoms with Gasteiger partial charge in [-0.1, -0.05) is 6.08 Å². The highest BCUT2D eigenvalue weighted by atomic mass is 16.6. The number of hydrogen-bond donors (Lipinski definition) is 3. The van der Waals surface area contributed by atoms with E-state index in [0.29, 0.717) is 68.0 Å². The van der Waals surface area contributed by atoms with Crippen LogP contribution in [0.3, 0.4) is 0 Å². The van der Waals surface area contributed by atoms with Crippen molar-refractivity contribution in [1.82, 2.24) is 25.7 Å². The molecule has 3 amide bonds. The zero-order valence-electron chi connectivity index (χ0n) is 24.5. The average molecular weight is 597 g/mol. The minimum atomic E-state index is -0.538. The van der Waals surface area contributed by atoms with Gasteiger partial charge in [0.2, 0.25) is 5.89 Å². The standard InChI is InChI=1S/C29H36N6O8/c1-29(2,3)43-28(38)30-11-12-39-13-14-40-15-16-41-20-6-7-21(31-18-20)26(37)32-19-5-9-24-23(17-19)33-27(42-24)22-8-10-25(36)35(4)34-22/h5-10,17-18,22,34H,11-16H2,1-4H3,(H,30,38)(H,32,37). The lowest BCUT2D eigenvalue weighted by Gasteiger charge is -2.24. The molecular weight excluding hydrogens is 560 g/mol. The molecule has 230 valence electrons. The van der Waals surface area contributed by atoms with E-state index in [1.54, 1.807) is 64.2 Å². The molecule has 2 aromatic heterocycles. The van der Waals surface area contributed by atoms with Gasteiger partial charge in [-0.05, 0) is 51.1 Å². The normalized spacial score (nSPS) is 15.0. The van der Waals surface area contributed by atoms with Crippen LogP contribution in [0.25, 0.3) is 11.1 Å². The minimum Gasteiger partial charge on any atom is -0.490 e. The predicted molar refractivity (Wildman–Crippen MR) is 155 cm³/mol. The number of amides is 3. The van der Waals surface area contributed by atoms with Crippen molar-refractivity contribution in [2.24, 2.45) is 0 Å². The van der Waals surface area contributed by atoms with E-state index in [2.05, 4.69) is 26.0 Å². The molecule has 0 radical (unpaired) electrons. The molecule has 1 unspecified atom stereocenters. The SMILES string of the molecule is CN1NC(c2nc3cc(NC(=O)c4ccc(OCCOCCOCCNC(=O)OC(C)(C)C)cn4)ccc3o2)C=CC1=O. The van der Waals surface area contributed by atoms with Crippen molar-refractivity contribution in [2.75, 3.05) is 51.9 Å². The molecule has 4 rings (SSSR count). The smallest absolute Gasteiger partial charge is 0.407 e. The van der Waals surface area contributed by atoms with Crippen molar-refractivity contribution in [3.05, 3.63) is 60.3 Å². The van der Waals surface area contributed by atoms with Gasteiger partial charge in [0.05, 0.1) is 32.6 Å². The number of benzene rings is 1. The molecule has 14 nitrogen and oxygen atoms in total. The van der Waals surface area contributed by atoms with Crippen LogP contribution in [0.15, 0.2) is 53.1 Å². The summed E-state index contributed by atoms with van der Waals surface area (Å²) in [5.41, 5.74) is 4.29. The number of nitrogens with one attached hydrogen (secondary N) is 3. The third-order valence-corrected chi connectivity index (χ3v) is 5.77. The van der Waals surface area contributed by atoms with Gasteiger partial charge in [-0.3, -0.25) is 14.6 Å². The zero-order chi connectivity index (χ0) is 30.8. The first-order valence-electron chi connectivity index (χ1n) is 13.7. The van der Waals surface area contributed by atoms with Gasteiger partial charge >= 0.3 is 6.09 Å². The molecule has 3 aromatic rings. The average Bonchev–Trinajstić information content (AvgIpc) is 3.38. The molecule has 1 aliphatic rings. The topological polar surface area (TPSA) is 166 Å². The van der Waals surface area contributed by atoms with Crippen molar-refractivity contribution >= 4 is 34.7 Å². The summed E-state index contributed by atoms with van der Waals surface area (Å²) in [6.45, 7) is 7.48. The fourth-order valence-corrected chi connectivity index (χ4v) is 3.77. The van der Waals surface area contributed by atoms with Crippen molar-refractivity contribution in [1.29, 1.82) is 0 Å². The Hall–Kier alpha value is -4.53. The summed E-state index contributed by atoms with van der Waals surface area (Å²) in [7, 11) is 1.62. The Labute approximate surface area is 248 Å². The lowest BCUT2D eigenvalue weighted by molar-refractivity contribution is -0.128. The van der Waals surface area contributed by atoms with Gasteiger partial charge in [0.25, 0.3) is 11.8 Å². The number of pyridine rings is 1. The number of carbonyl (C=O) groups is 3. The van der Waals surface area contributed by atoms with E-state index in [4.69, 9.17) is 23.4 Å². The summed E-state index contributed by atoms with van der Waals surface area (Å²) in [5.74, 6) is 0.339. The fraction of sp³-hybridized carbons (Fsp3) is 0.414. The van der Waals surface area contributed by atoms with E-state index in [1.165, 1.54) is 17.3 Å². The molecule has 43 heavy (non-hydrogen) atoms. The highest BCUT2D eigenvalue weighted by Gasteiger charge is 2.23. The number of nitrogens with zero attached hydrogens (tertiary/aromatic N) is 3. The summed E-state index contributed by atoms with van der Waals surface area (Å²) in [5, 5.41) is 6.78. The van der Waals surface area contributed by atoms with Gasteiger partial charge in [-0.2, -0.15) is 0 Å². The van der Waals surface area contributed by atoms with Crippen molar-refractivity contribution < 1.29 is 37.7 Å². The van der Waals surface area contributed by atoms with Gasteiger partial charge in [-0.25, -0.2) is 20.2 Å². The first-order chi connectivity index (χ1) is 20.6. The van der Waals surface area contributed by atoms with Gasteiger partial charge in [0.15, 0.2) is 5.58 Å². The molecule has 0 saturated carbocycles. The van der Waals surface area contributed by atoms with Gasteiger partial charge in [0, 0.05) is 25.4 Å². The largest absolute Gasteiger partial charge is 0.490 e. The Kier molecular flexibility index (Phi) is 10.6. The molecular formula is C29H36N6O8. The number of carbonyl (C=O) groups excluding carboxylic acids is 3. The number of anilines is 1. The van der Waals surface area contributed by atoms with E-state index < -0.39 is 17.6 Å². The monoisotopic (exact) mass is 596 g/mol. The number of rotatable bonds is 13. The van der Waals surface area contributed by atoms with Gasteiger partial charge in [0.1, 0.15) is 35.2 Å². The molecule has 0 saturated heterocycles. The predicted octanol–water partition coefficient (Wildman–Crippen LogP) is 2.99. The first-order valence-corrected chi connectivity index (χ1v) is 13.7. The Morgan fingerprint density at radius 3 is 2.56 bits per heavy atom. The Bertz CT molecular complexity index is 1430. The number of fused-ring (bicyclic) bond motifs is 1. The van der Waals surface area contributed by atoms with E-state index in [9.17, 15) is 14.4 Å². The molecule has 0 spiro atoms. The van der Waals surface area contributed by atoms with Gasteiger partial charge in [-0.15, -0.1) is 0 Å². The zero-order valence-corrected chi connectivity index (χ0v) is 24.5. The lowest BCUT2D eigenvalue weighted by Crippen LogP contribution is -2.43. The fourth-order valence-electron chi connectivity index (χ4n) is 3.77. The van der Waals surface area contributed by atoms with Crippen LogP contribution in [0.5, 0.6) is 5.75 Å². The van der Waals surface area contributed by atoms with E-state index >= 15 is 0 Å². The Balaban J connectivity index is 1.13. The number of hydrazine groups is 1. The van der Waals surface area contributed by atoms with Crippen molar-refractivity contribution in [3.8, 4) is 5.75 Å². The van der Waals surface area contributed by atoms with Crippen LogP contribution in [0, 0.1) is 0 Å². The van der Waals surface area contributed by atoms with Crippen LogP contribution >= 0.6 is 0 Å². The molecule has 0 aliphatic carbocycles. The summed E-state index contributed by atoms with van der Waals surface area (Å²) < 4.78 is 27.4. The molecule has 14 heteroatoms. The Morgan fingerprint density at radius 2 is 1.84 bits per heavy atom. The molecule has 1 aromatic carbocycles. The van der Waals surface area contributed by atoms with Crippen LogP contribution in [0.2, 0.25) is 0 Å². The van der Waals surface area contributed by atoms with Crippen LogP contribution in [0.4, 0.5) is 10.5 Å². The van der Waals surface area contributed by atoms with E-state index in [0.717, 1.165) is 0 Å². The van der Waals surface area contributed by atoms with E-state index in [1.807, 2.05) is 0 Å². The Morgan fingerprint density at radius 1 is 1.07 bits per heavy atom. The molecule has 0 bridgehead atoms. The maximum Gasteiger partial charge on any atom is 0.407 e. The lowest BCUT2D eigenvalue weighted by atomic mass is 10.2. The summed E-state index contributed by atoms with van der Waals surface area (Å²) in [6, 6.07) is 7.96. The van der Waals surface area contributed by atoms with Gasteiger partial charge < -0.3 is 34.0 Å².